The fourth-order valence-electron chi connectivity index (χ4n) is 3.62. The predicted molar refractivity (Wildman–Crippen MR) is 133 cm³/mol. The van der Waals surface area contributed by atoms with Crippen LogP contribution in [0.3, 0.4) is 0 Å². The number of rotatable bonds is 7. The Morgan fingerprint density at radius 2 is 1.69 bits per heavy atom. The smallest absolute Gasteiger partial charge is 0.261 e. The number of carbonyl (C=O) groups is 2. The lowest BCUT2D eigenvalue weighted by molar-refractivity contribution is -0.116. The van der Waals surface area contributed by atoms with E-state index in [-0.39, 0.29) is 23.4 Å². The van der Waals surface area contributed by atoms with Gasteiger partial charge in [0.25, 0.3) is 11.5 Å². The van der Waals surface area contributed by atoms with Crippen LogP contribution in [-0.4, -0.2) is 35.6 Å². The normalized spacial score (nSPS) is 10.6. The molecule has 1 heterocycles. The second kappa shape index (κ2) is 10.1. The molecule has 0 atom stereocenters. The number of nitrogens with one attached hydrogen (secondary N) is 2. The van der Waals surface area contributed by atoms with Gasteiger partial charge in [0, 0.05) is 11.3 Å². The SMILES string of the molecule is COc1ccc(C(=O)Nc2ccc3nc(C)n(CC(=O)Nc4ccccc4OC)c(=O)c3c2)cc1. The Hall–Kier alpha value is -4.66. The highest BCUT2D eigenvalue weighted by Crippen LogP contribution is 2.23. The molecule has 35 heavy (non-hydrogen) atoms. The number of aromatic nitrogens is 2. The summed E-state index contributed by atoms with van der Waals surface area (Å²) in [7, 11) is 3.06. The first kappa shape index (κ1) is 23.5. The van der Waals surface area contributed by atoms with Crippen LogP contribution in [0.25, 0.3) is 10.9 Å². The van der Waals surface area contributed by atoms with Crippen LogP contribution in [0, 0.1) is 6.92 Å². The minimum Gasteiger partial charge on any atom is -0.497 e. The number of methoxy groups -OCH3 is 2. The zero-order valence-corrected chi connectivity index (χ0v) is 19.5. The van der Waals surface area contributed by atoms with Crippen LogP contribution >= 0.6 is 0 Å². The first-order valence-electron chi connectivity index (χ1n) is 10.8. The van der Waals surface area contributed by atoms with Gasteiger partial charge in [-0.15, -0.1) is 0 Å². The van der Waals surface area contributed by atoms with Gasteiger partial charge >= 0.3 is 0 Å². The number of benzene rings is 3. The average Bonchev–Trinajstić information content (AvgIpc) is 2.87. The molecule has 0 saturated heterocycles. The second-order valence-electron chi connectivity index (χ2n) is 7.71. The molecule has 4 rings (SSSR count). The number of ether oxygens (including phenoxy) is 2. The van der Waals surface area contributed by atoms with Crippen LogP contribution in [0.15, 0.2) is 71.5 Å². The fourth-order valence-corrected chi connectivity index (χ4v) is 3.62. The minimum absolute atomic E-state index is 0.228. The quantitative estimate of drug-likeness (QED) is 0.425. The molecule has 3 aromatic carbocycles. The molecule has 9 heteroatoms. The summed E-state index contributed by atoms with van der Waals surface area (Å²) >= 11 is 0. The summed E-state index contributed by atoms with van der Waals surface area (Å²) in [5.41, 5.74) is 1.46. The summed E-state index contributed by atoms with van der Waals surface area (Å²) in [6.07, 6.45) is 0. The van der Waals surface area contributed by atoms with Gasteiger partial charge in [0.2, 0.25) is 5.91 Å². The Labute approximate surface area is 201 Å². The lowest BCUT2D eigenvalue weighted by atomic mass is 10.1. The lowest BCUT2D eigenvalue weighted by Crippen LogP contribution is -2.30. The number of fused-ring (bicyclic) bond motifs is 1. The molecule has 2 N–H and O–H groups in total. The molecule has 0 aliphatic rings. The maximum absolute atomic E-state index is 13.2. The number of carbonyl (C=O) groups excluding carboxylic acids is 2. The average molecular weight is 473 g/mol. The molecule has 0 bridgehead atoms. The van der Waals surface area contributed by atoms with Gasteiger partial charge in [-0.1, -0.05) is 12.1 Å². The minimum atomic E-state index is -0.398. The van der Waals surface area contributed by atoms with Gasteiger partial charge in [0.15, 0.2) is 0 Å². The highest BCUT2D eigenvalue weighted by atomic mass is 16.5. The molecule has 0 saturated carbocycles. The summed E-state index contributed by atoms with van der Waals surface area (Å²) in [6.45, 7) is 1.44. The molecule has 178 valence electrons. The van der Waals surface area contributed by atoms with Gasteiger partial charge in [-0.05, 0) is 61.5 Å². The van der Waals surface area contributed by atoms with Crippen molar-refractivity contribution in [2.75, 3.05) is 24.9 Å². The van der Waals surface area contributed by atoms with Crippen molar-refractivity contribution < 1.29 is 19.1 Å². The van der Waals surface area contributed by atoms with Gasteiger partial charge in [-0.3, -0.25) is 19.0 Å². The molecular formula is C26H24N4O5. The summed E-state index contributed by atoms with van der Waals surface area (Å²) < 4.78 is 11.7. The van der Waals surface area contributed by atoms with E-state index < -0.39 is 5.91 Å². The molecule has 0 unspecified atom stereocenters. The number of anilines is 2. The van der Waals surface area contributed by atoms with Crippen molar-refractivity contribution >= 4 is 34.1 Å². The Kier molecular flexibility index (Phi) is 6.77. The first-order chi connectivity index (χ1) is 16.9. The van der Waals surface area contributed by atoms with Crippen LogP contribution in [0.1, 0.15) is 16.2 Å². The van der Waals surface area contributed by atoms with Crippen molar-refractivity contribution in [2.24, 2.45) is 0 Å². The van der Waals surface area contributed by atoms with Crippen LogP contribution in [-0.2, 0) is 11.3 Å². The second-order valence-corrected chi connectivity index (χ2v) is 7.71. The molecule has 9 nitrogen and oxygen atoms in total. The van der Waals surface area contributed by atoms with E-state index in [4.69, 9.17) is 9.47 Å². The number of hydrogen-bond acceptors (Lipinski definition) is 6. The molecule has 0 aliphatic carbocycles. The van der Waals surface area contributed by atoms with Crippen molar-refractivity contribution in [3.63, 3.8) is 0 Å². The number of aryl methyl sites for hydroxylation is 1. The number of amides is 2. The molecule has 0 aliphatic heterocycles. The Bertz CT molecular complexity index is 1460. The van der Waals surface area contributed by atoms with E-state index in [0.717, 1.165) is 0 Å². The lowest BCUT2D eigenvalue weighted by Gasteiger charge is -2.13. The third-order valence-electron chi connectivity index (χ3n) is 5.44. The molecule has 0 fully saturated rings. The van der Waals surface area contributed by atoms with Gasteiger partial charge in [0.05, 0.1) is 30.8 Å². The zero-order valence-electron chi connectivity index (χ0n) is 19.5. The van der Waals surface area contributed by atoms with Crippen molar-refractivity contribution in [2.45, 2.75) is 13.5 Å². The van der Waals surface area contributed by atoms with E-state index in [0.29, 0.717) is 39.8 Å². The number of nitrogens with zero attached hydrogens (tertiary/aromatic N) is 2. The molecule has 4 aromatic rings. The first-order valence-corrected chi connectivity index (χ1v) is 10.8. The van der Waals surface area contributed by atoms with Crippen LogP contribution in [0.5, 0.6) is 11.5 Å². The van der Waals surface area contributed by atoms with Gasteiger partial charge in [-0.25, -0.2) is 4.98 Å². The van der Waals surface area contributed by atoms with Crippen molar-refractivity contribution in [1.29, 1.82) is 0 Å². The van der Waals surface area contributed by atoms with E-state index in [1.54, 1.807) is 80.8 Å². The third kappa shape index (κ3) is 5.14. The van der Waals surface area contributed by atoms with E-state index in [9.17, 15) is 14.4 Å². The van der Waals surface area contributed by atoms with Crippen molar-refractivity contribution in [1.82, 2.24) is 9.55 Å². The maximum Gasteiger partial charge on any atom is 0.261 e. The number of para-hydroxylation sites is 2. The summed E-state index contributed by atoms with van der Waals surface area (Å²) in [5.74, 6) is 0.823. The van der Waals surface area contributed by atoms with Crippen LogP contribution < -0.4 is 25.7 Å². The third-order valence-corrected chi connectivity index (χ3v) is 5.44. The van der Waals surface area contributed by atoms with Crippen LogP contribution in [0.2, 0.25) is 0 Å². The van der Waals surface area contributed by atoms with E-state index in [2.05, 4.69) is 15.6 Å². The summed E-state index contributed by atoms with van der Waals surface area (Å²) in [6, 6.07) is 18.6. The molecule has 0 spiro atoms. The zero-order chi connectivity index (χ0) is 24.9. The monoisotopic (exact) mass is 472 g/mol. The Morgan fingerprint density at radius 3 is 2.40 bits per heavy atom. The van der Waals surface area contributed by atoms with Crippen molar-refractivity contribution in [3.05, 3.63) is 88.5 Å². The van der Waals surface area contributed by atoms with Crippen LogP contribution in [0.4, 0.5) is 11.4 Å². The molecule has 0 radical (unpaired) electrons. The van der Waals surface area contributed by atoms with Gasteiger partial charge in [-0.2, -0.15) is 0 Å². The molecular weight excluding hydrogens is 448 g/mol. The largest absolute Gasteiger partial charge is 0.497 e. The highest BCUT2D eigenvalue weighted by molar-refractivity contribution is 6.05. The van der Waals surface area contributed by atoms with E-state index in [1.165, 1.54) is 11.7 Å². The topological polar surface area (TPSA) is 112 Å². The Balaban J connectivity index is 1.58. The molecule has 2 amide bonds. The maximum atomic E-state index is 13.2. The van der Waals surface area contributed by atoms with Gasteiger partial charge in [0.1, 0.15) is 23.9 Å². The standard InChI is InChI=1S/C26H24N4O5/c1-16-27-21-13-10-18(28-25(32)17-8-11-19(34-2)12-9-17)14-20(21)26(33)30(16)15-24(31)29-22-6-4-5-7-23(22)35-3/h4-14H,15H2,1-3H3,(H,28,32)(H,29,31). The number of hydrogen-bond donors (Lipinski definition) is 2. The Morgan fingerprint density at radius 1 is 0.943 bits per heavy atom. The fraction of sp³-hybridized carbons (Fsp3) is 0.154. The van der Waals surface area contributed by atoms with E-state index in [1.807, 2.05) is 0 Å². The summed E-state index contributed by atoms with van der Waals surface area (Å²) in [4.78, 5) is 43.0. The summed E-state index contributed by atoms with van der Waals surface area (Å²) in [5, 5.41) is 5.83. The predicted octanol–water partition coefficient (Wildman–Crippen LogP) is 3.61. The van der Waals surface area contributed by atoms with Gasteiger partial charge < -0.3 is 20.1 Å². The van der Waals surface area contributed by atoms with E-state index >= 15 is 0 Å². The van der Waals surface area contributed by atoms with Crippen molar-refractivity contribution in [3.8, 4) is 11.5 Å². The highest BCUT2D eigenvalue weighted by Gasteiger charge is 2.14. The molecule has 1 aromatic heterocycles.